The van der Waals surface area contributed by atoms with E-state index >= 15 is 0 Å². The minimum atomic E-state index is -1.69. The number of aliphatic imine (C=N–C) groups is 1. The average Bonchev–Trinajstić information content (AvgIpc) is 3.70. The van der Waals surface area contributed by atoms with E-state index in [0.717, 1.165) is 0 Å². The van der Waals surface area contributed by atoms with E-state index in [1.54, 1.807) is 41.5 Å². The lowest BCUT2D eigenvalue weighted by molar-refractivity contribution is -0.144. The molecule has 1 rings (SSSR count). The van der Waals surface area contributed by atoms with E-state index in [0.29, 0.717) is 18.5 Å². The molecule has 18 N–H and O–H groups in total. The van der Waals surface area contributed by atoms with Crippen molar-refractivity contribution in [2.75, 3.05) is 6.54 Å². The van der Waals surface area contributed by atoms with Crippen molar-refractivity contribution in [2.45, 2.75) is 135 Å². The van der Waals surface area contributed by atoms with Crippen molar-refractivity contribution < 1.29 is 48.3 Å². The predicted molar refractivity (Wildman–Crippen MR) is 225 cm³/mol. The monoisotopic (exact) mass is 879 g/mol. The lowest BCUT2D eigenvalue weighted by Gasteiger charge is -2.30. The molecule has 8 atom stereocenters. The molecule has 8 amide bonds. The number of carboxylic acids is 1. The summed E-state index contributed by atoms with van der Waals surface area (Å²) in [5.74, 6) is -9.60. The summed E-state index contributed by atoms with van der Waals surface area (Å²) in [6, 6.07) is -9.32. The van der Waals surface area contributed by atoms with Gasteiger partial charge in [0.05, 0.1) is 18.8 Å². The van der Waals surface area contributed by atoms with Crippen molar-refractivity contribution in [1.29, 1.82) is 0 Å². The minimum Gasteiger partial charge on any atom is -0.480 e. The molecule has 1 aromatic rings. The quantitative estimate of drug-likeness (QED) is 0.0209. The summed E-state index contributed by atoms with van der Waals surface area (Å²) >= 11 is 0. The largest absolute Gasteiger partial charge is 0.480 e. The Kier molecular flexibility index (Phi) is 23.2. The SMILES string of the molecule is CC[C@H](C)[C@H](NC(=O)[C@H](Cc1cnc[nH]1)NC(=O)[C@@H](NC(=O)[C@@H](N)CCCN=C(N)N)C(C)C)C(=O)N[C@@H](CCC(N)=O)C(=O)N[C@@H](CC(C)C)C(=O)N[C@@H](CC(N)=O)C(=O)O. The Morgan fingerprint density at radius 1 is 0.710 bits per heavy atom. The summed E-state index contributed by atoms with van der Waals surface area (Å²) in [6.45, 7) is 10.5. The first-order chi connectivity index (χ1) is 29.0. The van der Waals surface area contributed by atoms with Crippen LogP contribution in [0, 0.1) is 17.8 Å². The summed E-state index contributed by atoms with van der Waals surface area (Å²) in [4.78, 5) is 128. The van der Waals surface area contributed by atoms with Crippen LogP contribution in [0.4, 0.5) is 0 Å². The number of amides is 8. The molecule has 0 saturated carbocycles. The fourth-order valence-corrected chi connectivity index (χ4v) is 5.95. The second-order valence-corrected chi connectivity index (χ2v) is 15.8. The number of H-pyrrole nitrogens is 1. The maximum atomic E-state index is 14.1. The van der Waals surface area contributed by atoms with Gasteiger partial charge in [0.2, 0.25) is 47.3 Å². The van der Waals surface area contributed by atoms with Crippen molar-refractivity contribution in [1.82, 2.24) is 41.9 Å². The third kappa shape index (κ3) is 19.8. The number of aliphatic carboxylic acids is 1. The molecule has 0 radical (unpaired) electrons. The van der Waals surface area contributed by atoms with Crippen LogP contribution in [0.2, 0.25) is 0 Å². The standard InChI is InChI=1S/C38H66N14O10/c1-7-20(6)30(36(60)47-23(10-11-27(40)53)32(56)48-24(13-18(2)3)33(57)50-26(37(61)62)15-28(41)54)52-34(58)25(14-21-16-44-17-46-21)49-35(59)29(19(4)5)51-31(55)22(39)9-8-12-45-38(42)43/h16-20,22-26,29-30H,7-15,39H2,1-6H3,(H2,40,53)(H2,41,54)(H,44,46)(H,47,60)(H,48,56)(H,49,59)(H,50,57)(H,51,55)(H,52,58)(H,61,62)(H4,42,43,45)/t20-,22-,23-,24-,25-,26-,29-,30-/m0/s1. The predicted octanol–water partition coefficient (Wildman–Crippen LogP) is -3.78. The summed E-state index contributed by atoms with van der Waals surface area (Å²) in [7, 11) is 0. The van der Waals surface area contributed by atoms with Crippen molar-refractivity contribution in [3.63, 3.8) is 0 Å². The van der Waals surface area contributed by atoms with E-state index < -0.39 is 114 Å². The van der Waals surface area contributed by atoms with Gasteiger partial charge in [-0.15, -0.1) is 0 Å². The van der Waals surface area contributed by atoms with Gasteiger partial charge in [0, 0.05) is 31.3 Å². The smallest absolute Gasteiger partial charge is 0.326 e. The van der Waals surface area contributed by atoms with Crippen molar-refractivity contribution >= 4 is 59.2 Å². The van der Waals surface area contributed by atoms with Gasteiger partial charge >= 0.3 is 5.97 Å². The van der Waals surface area contributed by atoms with Crippen LogP contribution in [0.3, 0.4) is 0 Å². The number of rotatable bonds is 29. The Morgan fingerprint density at radius 2 is 1.26 bits per heavy atom. The van der Waals surface area contributed by atoms with Gasteiger partial charge < -0.3 is 70.7 Å². The number of carboxylic acid groups (broad SMARTS) is 1. The van der Waals surface area contributed by atoms with Crippen LogP contribution in [0.1, 0.15) is 92.2 Å². The number of hydrogen-bond acceptors (Lipinski definition) is 12. The van der Waals surface area contributed by atoms with Crippen LogP contribution < -0.4 is 60.6 Å². The Labute approximate surface area is 360 Å². The first-order valence-electron chi connectivity index (χ1n) is 20.4. The van der Waals surface area contributed by atoms with Crippen LogP contribution >= 0.6 is 0 Å². The molecular formula is C38H66N14O10. The average molecular weight is 879 g/mol. The number of nitrogens with one attached hydrogen (secondary N) is 7. The number of carbonyl (C=O) groups excluding carboxylic acids is 8. The third-order valence-electron chi connectivity index (χ3n) is 9.63. The number of aromatic amines is 1. The van der Waals surface area contributed by atoms with Crippen LogP contribution in [0.25, 0.3) is 0 Å². The van der Waals surface area contributed by atoms with Crippen LogP contribution in [-0.2, 0) is 49.6 Å². The fourth-order valence-electron chi connectivity index (χ4n) is 5.95. The van der Waals surface area contributed by atoms with Gasteiger partial charge in [0.15, 0.2) is 5.96 Å². The topological polar surface area (TPSA) is 417 Å². The number of imidazole rings is 1. The van der Waals surface area contributed by atoms with E-state index in [4.69, 9.17) is 28.7 Å². The zero-order chi connectivity index (χ0) is 47.3. The Bertz CT molecular complexity index is 1720. The lowest BCUT2D eigenvalue weighted by atomic mass is 9.96. The number of primary amides is 2. The number of guanidine groups is 1. The lowest BCUT2D eigenvalue weighted by Crippen LogP contribution is -2.61. The molecule has 0 fully saturated rings. The first-order valence-corrected chi connectivity index (χ1v) is 20.4. The maximum absolute atomic E-state index is 14.1. The van der Waals surface area contributed by atoms with E-state index in [-0.39, 0.29) is 50.5 Å². The molecule has 0 spiro atoms. The molecule has 24 nitrogen and oxygen atoms in total. The number of aromatic nitrogens is 2. The number of carbonyl (C=O) groups is 9. The van der Waals surface area contributed by atoms with Gasteiger partial charge in [-0.2, -0.15) is 0 Å². The molecule has 0 aromatic carbocycles. The van der Waals surface area contributed by atoms with Gasteiger partial charge in [-0.05, 0) is 43.4 Å². The highest BCUT2D eigenvalue weighted by Gasteiger charge is 2.36. The molecule has 62 heavy (non-hydrogen) atoms. The highest BCUT2D eigenvalue weighted by Crippen LogP contribution is 2.13. The molecule has 1 aromatic heterocycles. The molecule has 0 saturated heterocycles. The van der Waals surface area contributed by atoms with Gasteiger partial charge in [-0.1, -0.05) is 48.0 Å². The molecule has 0 aliphatic carbocycles. The highest BCUT2D eigenvalue weighted by atomic mass is 16.4. The van der Waals surface area contributed by atoms with Gasteiger partial charge in [-0.25, -0.2) is 9.78 Å². The second-order valence-electron chi connectivity index (χ2n) is 15.8. The molecule has 348 valence electrons. The highest BCUT2D eigenvalue weighted by molar-refractivity contribution is 5.97. The number of nitrogens with zero attached hydrogens (tertiary/aromatic N) is 2. The fraction of sp³-hybridized carbons (Fsp3) is 0.658. The normalized spacial score (nSPS) is 15.0. The molecule has 0 bridgehead atoms. The van der Waals surface area contributed by atoms with Gasteiger partial charge in [0.1, 0.15) is 36.3 Å². The van der Waals surface area contributed by atoms with Gasteiger partial charge in [-0.3, -0.25) is 43.3 Å². The van der Waals surface area contributed by atoms with Crippen LogP contribution in [0.15, 0.2) is 17.5 Å². The molecule has 0 unspecified atom stereocenters. The van der Waals surface area contributed by atoms with E-state index in [1.807, 2.05) is 0 Å². The number of nitrogens with two attached hydrogens (primary N) is 5. The number of hydrogen-bond donors (Lipinski definition) is 13. The van der Waals surface area contributed by atoms with Crippen molar-refractivity contribution in [3.05, 3.63) is 18.2 Å². The Balaban J connectivity index is 3.39. The maximum Gasteiger partial charge on any atom is 0.326 e. The molecule has 1 heterocycles. The molecule has 0 aliphatic rings. The second kappa shape index (κ2) is 26.8. The first kappa shape index (κ1) is 53.7. The summed E-state index contributed by atoms with van der Waals surface area (Å²) in [5.41, 5.74) is 27.7. The van der Waals surface area contributed by atoms with Crippen LogP contribution in [0.5, 0.6) is 0 Å². The Morgan fingerprint density at radius 3 is 1.77 bits per heavy atom. The zero-order valence-corrected chi connectivity index (χ0v) is 36.2. The summed E-state index contributed by atoms with van der Waals surface area (Å²) in [5, 5.41) is 24.7. The van der Waals surface area contributed by atoms with Crippen molar-refractivity contribution in [3.8, 4) is 0 Å². The summed E-state index contributed by atoms with van der Waals surface area (Å²) < 4.78 is 0. The van der Waals surface area contributed by atoms with Gasteiger partial charge in [0.25, 0.3) is 0 Å². The summed E-state index contributed by atoms with van der Waals surface area (Å²) in [6.07, 6.45) is 2.19. The van der Waals surface area contributed by atoms with E-state index in [1.165, 1.54) is 12.5 Å². The zero-order valence-electron chi connectivity index (χ0n) is 36.2. The molecule has 24 heteroatoms. The molecule has 0 aliphatic heterocycles. The Hall–Kier alpha value is -6.33. The minimum absolute atomic E-state index is 0.000802. The third-order valence-corrected chi connectivity index (χ3v) is 9.63. The molecular weight excluding hydrogens is 813 g/mol. The van der Waals surface area contributed by atoms with E-state index in [2.05, 4.69) is 46.9 Å². The van der Waals surface area contributed by atoms with E-state index in [9.17, 15) is 48.3 Å². The van der Waals surface area contributed by atoms with Crippen LogP contribution in [-0.4, -0.2) is 123 Å². The van der Waals surface area contributed by atoms with Crippen molar-refractivity contribution in [2.24, 2.45) is 51.4 Å².